The molecule has 23 heavy (non-hydrogen) atoms. The predicted octanol–water partition coefficient (Wildman–Crippen LogP) is 4.89. The van der Waals surface area contributed by atoms with E-state index in [4.69, 9.17) is 9.15 Å². The number of furan rings is 1. The van der Waals surface area contributed by atoms with Crippen LogP contribution >= 0.6 is 0 Å². The van der Waals surface area contributed by atoms with Crippen LogP contribution in [0.25, 0.3) is 0 Å². The third-order valence-corrected chi connectivity index (χ3v) is 3.32. The molecule has 2 aromatic carbocycles. The molecule has 0 saturated heterocycles. The summed E-state index contributed by atoms with van der Waals surface area (Å²) in [7, 11) is 0. The molecule has 1 N–H and O–H groups in total. The van der Waals surface area contributed by atoms with Gasteiger partial charge in [0.15, 0.2) is 5.76 Å². The van der Waals surface area contributed by atoms with Crippen LogP contribution in [0.1, 0.15) is 23.2 Å². The molecule has 1 heterocycles. The number of hydrogen-bond donors (Lipinski definition) is 1. The average molecular weight is 307 g/mol. The van der Waals surface area contributed by atoms with Crippen LogP contribution in [-0.2, 0) is 6.42 Å². The van der Waals surface area contributed by atoms with Crippen LogP contribution in [0, 0.1) is 0 Å². The topological polar surface area (TPSA) is 51.5 Å². The number of aryl methyl sites for hydroxylation is 1. The summed E-state index contributed by atoms with van der Waals surface area (Å²) in [6.07, 6.45) is 0.763. The molecule has 0 saturated carbocycles. The van der Waals surface area contributed by atoms with Crippen molar-refractivity contribution in [2.75, 3.05) is 5.32 Å². The molecule has 4 heteroatoms. The molecule has 0 aliphatic carbocycles. The van der Waals surface area contributed by atoms with Crippen molar-refractivity contribution in [3.05, 3.63) is 78.3 Å². The second kappa shape index (κ2) is 6.83. The largest absolute Gasteiger partial charge is 0.457 e. The molecule has 3 rings (SSSR count). The van der Waals surface area contributed by atoms with Crippen LogP contribution in [0.4, 0.5) is 5.69 Å². The second-order valence-corrected chi connectivity index (χ2v) is 5.01. The van der Waals surface area contributed by atoms with E-state index in [0.29, 0.717) is 17.2 Å². The Kier molecular flexibility index (Phi) is 4.43. The maximum atomic E-state index is 12.1. The SMILES string of the molecule is CCc1ccc(C(=O)Nc2ccc(Oc3ccccc3)cc2)o1. The molecule has 1 aromatic heterocycles. The van der Waals surface area contributed by atoms with Gasteiger partial charge in [0.1, 0.15) is 17.3 Å². The van der Waals surface area contributed by atoms with E-state index >= 15 is 0 Å². The fourth-order valence-electron chi connectivity index (χ4n) is 2.11. The van der Waals surface area contributed by atoms with E-state index in [0.717, 1.165) is 17.9 Å². The average Bonchev–Trinajstić information content (AvgIpc) is 3.07. The van der Waals surface area contributed by atoms with Gasteiger partial charge in [0, 0.05) is 12.1 Å². The van der Waals surface area contributed by atoms with Crippen LogP contribution in [0.5, 0.6) is 11.5 Å². The minimum atomic E-state index is -0.263. The number of anilines is 1. The van der Waals surface area contributed by atoms with Crippen LogP contribution < -0.4 is 10.1 Å². The van der Waals surface area contributed by atoms with E-state index in [1.165, 1.54) is 0 Å². The number of carbonyl (C=O) groups is 1. The number of carbonyl (C=O) groups excluding carboxylic acids is 1. The summed E-state index contributed by atoms with van der Waals surface area (Å²) in [5, 5.41) is 2.80. The third-order valence-electron chi connectivity index (χ3n) is 3.32. The number of rotatable bonds is 5. The second-order valence-electron chi connectivity index (χ2n) is 5.01. The fourth-order valence-corrected chi connectivity index (χ4v) is 2.11. The Morgan fingerprint density at radius 2 is 1.65 bits per heavy atom. The van der Waals surface area contributed by atoms with E-state index < -0.39 is 0 Å². The molecular weight excluding hydrogens is 290 g/mol. The van der Waals surface area contributed by atoms with Gasteiger partial charge in [0.05, 0.1) is 0 Å². The van der Waals surface area contributed by atoms with Gasteiger partial charge in [-0.25, -0.2) is 0 Å². The van der Waals surface area contributed by atoms with E-state index in [-0.39, 0.29) is 5.91 Å². The lowest BCUT2D eigenvalue weighted by Crippen LogP contribution is -2.10. The lowest BCUT2D eigenvalue weighted by molar-refractivity contribution is 0.0995. The van der Waals surface area contributed by atoms with E-state index in [9.17, 15) is 4.79 Å². The van der Waals surface area contributed by atoms with E-state index in [1.54, 1.807) is 18.2 Å². The molecule has 0 unspecified atom stereocenters. The lowest BCUT2D eigenvalue weighted by Gasteiger charge is -2.07. The fraction of sp³-hybridized carbons (Fsp3) is 0.105. The quantitative estimate of drug-likeness (QED) is 0.730. The number of nitrogens with one attached hydrogen (secondary N) is 1. The summed E-state index contributed by atoms with van der Waals surface area (Å²) in [6, 6.07) is 20.2. The standard InChI is InChI=1S/C19H17NO3/c1-2-15-12-13-18(23-15)19(21)20-14-8-10-17(11-9-14)22-16-6-4-3-5-7-16/h3-13H,2H2,1H3,(H,20,21). The van der Waals surface area contributed by atoms with Gasteiger partial charge in [-0.15, -0.1) is 0 Å². The smallest absolute Gasteiger partial charge is 0.291 e. The lowest BCUT2D eigenvalue weighted by atomic mass is 10.3. The Morgan fingerprint density at radius 1 is 0.957 bits per heavy atom. The molecule has 3 aromatic rings. The van der Waals surface area contributed by atoms with Crippen molar-refractivity contribution in [2.24, 2.45) is 0 Å². The molecule has 4 nitrogen and oxygen atoms in total. The van der Waals surface area contributed by atoms with Crippen LogP contribution in [0.2, 0.25) is 0 Å². The number of amides is 1. The Balaban J connectivity index is 1.64. The zero-order valence-electron chi connectivity index (χ0n) is 12.8. The molecule has 0 radical (unpaired) electrons. The third kappa shape index (κ3) is 3.80. The molecule has 0 atom stereocenters. The summed E-state index contributed by atoms with van der Waals surface area (Å²) in [5.41, 5.74) is 0.685. The van der Waals surface area contributed by atoms with Gasteiger partial charge in [-0.2, -0.15) is 0 Å². The van der Waals surface area contributed by atoms with Crippen molar-refractivity contribution in [1.29, 1.82) is 0 Å². The highest BCUT2D eigenvalue weighted by Gasteiger charge is 2.10. The first-order chi connectivity index (χ1) is 11.2. The monoisotopic (exact) mass is 307 g/mol. The minimum absolute atomic E-state index is 0.263. The summed E-state index contributed by atoms with van der Waals surface area (Å²) in [5.74, 6) is 2.32. The summed E-state index contributed by atoms with van der Waals surface area (Å²) in [6.45, 7) is 1.98. The molecule has 0 bridgehead atoms. The molecule has 0 spiro atoms. The van der Waals surface area contributed by atoms with E-state index in [1.807, 2.05) is 55.5 Å². The van der Waals surface area contributed by atoms with Gasteiger partial charge < -0.3 is 14.5 Å². The highest BCUT2D eigenvalue weighted by molar-refractivity contribution is 6.02. The molecule has 0 aliphatic heterocycles. The number of ether oxygens (including phenoxy) is 1. The Bertz CT molecular complexity index is 776. The molecule has 1 amide bonds. The first kappa shape index (κ1) is 14.9. The normalized spacial score (nSPS) is 10.3. The van der Waals surface area contributed by atoms with Gasteiger partial charge in [0.2, 0.25) is 0 Å². The predicted molar refractivity (Wildman–Crippen MR) is 89.0 cm³/mol. The van der Waals surface area contributed by atoms with E-state index in [2.05, 4.69) is 5.32 Å². The summed E-state index contributed by atoms with van der Waals surface area (Å²) < 4.78 is 11.1. The van der Waals surface area contributed by atoms with Gasteiger partial charge in [-0.1, -0.05) is 25.1 Å². The van der Waals surface area contributed by atoms with Crippen LogP contribution in [0.3, 0.4) is 0 Å². The van der Waals surface area contributed by atoms with Crippen molar-refractivity contribution in [3.63, 3.8) is 0 Å². The summed E-state index contributed by atoms with van der Waals surface area (Å²) >= 11 is 0. The number of benzene rings is 2. The Morgan fingerprint density at radius 3 is 2.30 bits per heavy atom. The first-order valence-corrected chi connectivity index (χ1v) is 7.47. The molecule has 116 valence electrons. The van der Waals surface area contributed by atoms with Crippen molar-refractivity contribution in [3.8, 4) is 11.5 Å². The highest BCUT2D eigenvalue weighted by atomic mass is 16.5. The minimum Gasteiger partial charge on any atom is -0.457 e. The summed E-state index contributed by atoms with van der Waals surface area (Å²) in [4.78, 5) is 12.1. The van der Waals surface area contributed by atoms with Crippen molar-refractivity contribution < 1.29 is 13.9 Å². The Labute approximate surface area is 134 Å². The van der Waals surface area contributed by atoms with Gasteiger partial charge in [-0.3, -0.25) is 4.79 Å². The zero-order chi connectivity index (χ0) is 16.1. The Hall–Kier alpha value is -3.01. The van der Waals surface area contributed by atoms with Crippen LogP contribution in [0.15, 0.2) is 71.1 Å². The molecular formula is C19H17NO3. The van der Waals surface area contributed by atoms with Crippen molar-refractivity contribution >= 4 is 11.6 Å². The molecule has 0 fully saturated rings. The number of para-hydroxylation sites is 1. The highest BCUT2D eigenvalue weighted by Crippen LogP contribution is 2.23. The first-order valence-electron chi connectivity index (χ1n) is 7.47. The number of hydrogen-bond acceptors (Lipinski definition) is 3. The maximum Gasteiger partial charge on any atom is 0.291 e. The van der Waals surface area contributed by atoms with Crippen molar-refractivity contribution in [1.82, 2.24) is 0 Å². The van der Waals surface area contributed by atoms with Gasteiger partial charge >= 0.3 is 0 Å². The zero-order valence-corrected chi connectivity index (χ0v) is 12.8. The maximum absolute atomic E-state index is 12.1. The van der Waals surface area contributed by atoms with Gasteiger partial charge in [0.25, 0.3) is 5.91 Å². The molecule has 0 aliphatic rings. The van der Waals surface area contributed by atoms with Crippen molar-refractivity contribution in [2.45, 2.75) is 13.3 Å². The van der Waals surface area contributed by atoms with Crippen LogP contribution in [-0.4, -0.2) is 5.91 Å². The van der Waals surface area contributed by atoms with Gasteiger partial charge in [-0.05, 0) is 48.5 Å².